The molecular weight excluding hydrogens is 477 g/mol. The van der Waals surface area contributed by atoms with Crippen molar-refractivity contribution in [3.8, 4) is 0 Å². The fourth-order valence-corrected chi connectivity index (χ4v) is 4.62. The number of ether oxygens (including phenoxy) is 2. The molecule has 0 aliphatic rings. The predicted molar refractivity (Wildman–Crippen MR) is 150 cm³/mol. The van der Waals surface area contributed by atoms with Crippen LogP contribution in [0.25, 0.3) is 0 Å². The van der Waals surface area contributed by atoms with E-state index in [1.165, 1.54) is 96.2 Å². The normalized spacial score (nSPS) is 14.5. The second-order valence-electron chi connectivity index (χ2n) is 10.9. The molecule has 0 heterocycles. The molecule has 8 heteroatoms. The number of unbranched alkanes of at least 4 members (excludes halogenated alkanes) is 15. The molecule has 36 heavy (non-hydrogen) atoms. The number of rotatable bonds is 28. The maximum atomic E-state index is 12.0. The number of hydrogen-bond donors (Lipinski definition) is 1. The number of hydrogen-bond acceptors (Lipinski definition) is 5. The number of phosphoric acid groups is 1. The molecule has 1 unspecified atom stereocenters. The van der Waals surface area contributed by atoms with Crippen molar-refractivity contribution in [1.29, 1.82) is 0 Å². The zero-order chi connectivity index (χ0) is 27.0. The minimum absolute atomic E-state index is 0.0941. The van der Waals surface area contributed by atoms with Crippen LogP contribution in [-0.2, 0) is 23.1 Å². The van der Waals surface area contributed by atoms with Crippen molar-refractivity contribution in [3.63, 3.8) is 0 Å². The van der Waals surface area contributed by atoms with E-state index in [0.29, 0.717) is 17.6 Å². The topological polar surface area (TPSA) is 74.2 Å². The van der Waals surface area contributed by atoms with Crippen LogP contribution in [0, 0.1) is 0 Å². The molecule has 0 radical (unpaired) electrons. The highest BCUT2D eigenvalue weighted by atomic mass is 31.2. The van der Waals surface area contributed by atoms with Crippen LogP contribution in [0.15, 0.2) is 12.8 Å². The lowest BCUT2D eigenvalue weighted by Crippen LogP contribution is -2.37. The summed E-state index contributed by atoms with van der Waals surface area (Å²) in [6, 6.07) is 0. The molecule has 0 saturated heterocycles. The van der Waals surface area contributed by atoms with E-state index >= 15 is 0 Å². The molecule has 0 aromatic heterocycles. The zero-order valence-electron chi connectivity index (χ0n) is 24.1. The lowest BCUT2D eigenvalue weighted by Gasteiger charge is -2.24. The van der Waals surface area contributed by atoms with Gasteiger partial charge in [-0.2, -0.15) is 0 Å². The number of quaternary nitrogens is 1. The maximum Gasteiger partial charge on any atom is 0.472 e. The summed E-state index contributed by atoms with van der Waals surface area (Å²) in [4.78, 5) is 9.84. The maximum absolute atomic E-state index is 12.0. The van der Waals surface area contributed by atoms with Crippen LogP contribution in [0.2, 0.25) is 0 Å². The van der Waals surface area contributed by atoms with E-state index in [1.807, 2.05) is 21.1 Å². The number of nitrogens with zero attached hydrogens (tertiary/aromatic N) is 1. The highest BCUT2D eigenvalue weighted by molar-refractivity contribution is 7.47. The first-order valence-electron chi connectivity index (χ1n) is 14.5. The summed E-state index contributed by atoms with van der Waals surface area (Å²) >= 11 is 0. The van der Waals surface area contributed by atoms with Gasteiger partial charge in [-0.3, -0.25) is 9.05 Å². The van der Waals surface area contributed by atoms with Gasteiger partial charge in [-0.25, -0.2) is 4.57 Å². The van der Waals surface area contributed by atoms with Crippen LogP contribution in [0.5, 0.6) is 0 Å². The van der Waals surface area contributed by atoms with Crippen molar-refractivity contribution in [2.45, 2.75) is 116 Å². The number of phosphoric ester groups is 1. The largest absolute Gasteiger partial charge is 0.494 e. The van der Waals surface area contributed by atoms with Gasteiger partial charge >= 0.3 is 7.82 Å². The molecule has 0 aromatic carbocycles. The number of likely N-dealkylation sites (N-methyl/N-ethyl adjacent to an activating group) is 1. The van der Waals surface area contributed by atoms with Gasteiger partial charge in [0.15, 0.2) is 0 Å². The molecule has 0 amide bonds. The minimum atomic E-state index is -4.11. The zero-order valence-corrected chi connectivity index (χ0v) is 25.0. The van der Waals surface area contributed by atoms with Crippen LogP contribution < -0.4 is 0 Å². The SMILES string of the molecule is C=CO[C@H](COCCCCCCCCCCCCCCCCCC)COP(=O)(O)OCC[N+](C)(C)C. The molecule has 2 atom stereocenters. The van der Waals surface area contributed by atoms with E-state index in [2.05, 4.69) is 13.5 Å². The van der Waals surface area contributed by atoms with Crippen molar-refractivity contribution in [2.24, 2.45) is 0 Å². The summed E-state index contributed by atoms with van der Waals surface area (Å²) in [5.74, 6) is 0. The van der Waals surface area contributed by atoms with Crippen LogP contribution in [0.3, 0.4) is 0 Å². The van der Waals surface area contributed by atoms with Gasteiger partial charge in [-0.1, -0.05) is 110 Å². The molecule has 0 bridgehead atoms. The quantitative estimate of drug-likeness (QED) is 0.0479. The van der Waals surface area contributed by atoms with Gasteiger partial charge in [-0.15, -0.1) is 0 Å². The van der Waals surface area contributed by atoms with E-state index in [0.717, 1.165) is 12.8 Å². The van der Waals surface area contributed by atoms with Gasteiger partial charge in [0.2, 0.25) is 0 Å². The Morgan fingerprint density at radius 1 is 0.750 bits per heavy atom. The van der Waals surface area contributed by atoms with Crippen molar-refractivity contribution >= 4 is 7.82 Å². The molecule has 0 saturated carbocycles. The average molecular weight is 537 g/mol. The Morgan fingerprint density at radius 2 is 1.22 bits per heavy atom. The fraction of sp³-hybridized carbons (Fsp3) is 0.929. The van der Waals surface area contributed by atoms with E-state index in [1.54, 1.807) is 0 Å². The minimum Gasteiger partial charge on any atom is -0.494 e. The third-order valence-electron chi connectivity index (χ3n) is 6.17. The van der Waals surface area contributed by atoms with Crippen molar-refractivity contribution in [1.82, 2.24) is 0 Å². The van der Waals surface area contributed by atoms with E-state index in [-0.39, 0.29) is 19.8 Å². The van der Waals surface area contributed by atoms with Crippen LogP contribution in [0.1, 0.15) is 110 Å². The Bertz CT molecular complexity index is 541. The van der Waals surface area contributed by atoms with E-state index < -0.39 is 13.9 Å². The van der Waals surface area contributed by atoms with E-state index in [4.69, 9.17) is 18.5 Å². The first-order chi connectivity index (χ1) is 17.2. The third kappa shape index (κ3) is 26.6. The van der Waals surface area contributed by atoms with Gasteiger partial charge in [-0.05, 0) is 6.42 Å². The molecule has 0 rings (SSSR count). The lowest BCUT2D eigenvalue weighted by molar-refractivity contribution is -0.870. The molecule has 216 valence electrons. The Morgan fingerprint density at radius 3 is 1.67 bits per heavy atom. The van der Waals surface area contributed by atoms with Crippen LogP contribution >= 0.6 is 7.82 Å². The second kappa shape index (κ2) is 23.7. The fourth-order valence-electron chi connectivity index (χ4n) is 3.87. The molecule has 1 N–H and O–H groups in total. The highest BCUT2D eigenvalue weighted by Crippen LogP contribution is 2.43. The molecule has 0 fully saturated rings. The van der Waals surface area contributed by atoms with Gasteiger partial charge in [0.1, 0.15) is 19.3 Å². The second-order valence-corrected chi connectivity index (χ2v) is 12.4. The molecule has 0 spiro atoms. The average Bonchev–Trinajstić information content (AvgIpc) is 2.80. The Labute approximate surface area is 223 Å². The summed E-state index contributed by atoms with van der Waals surface area (Å²) < 4.78 is 33.8. The van der Waals surface area contributed by atoms with Gasteiger partial charge < -0.3 is 18.9 Å². The molecule has 0 aromatic rings. The summed E-state index contributed by atoms with van der Waals surface area (Å²) in [7, 11) is 1.84. The van der Waals surface area contributed by atoms with Crippen LogP contribution in [0.4, 0.5) is 0 Å². The van der Waals surface area contributed by atoms with Crippen molar-refractivity contribution in [3.05, 3.63) is 12.8 Å². The smallest absolute Gasteiger partial charge is 0.472 e. The third-order valence-corrected chi connectivity index (χ3v) is 7.16. The van der Waals surface area contributed by atoms with Gasteiger partial charge in [0, 0.05) is 6.61 Å². The van der Waals surface area contributed by atoms with Gasteiger partial charge in [0.25, 0.3) is 0 Å². The first kappa shape index (κ1) is 35.6. The summed E-state index contributed by atoms with van der Waals surface area (Å²) in [5, 5.41) is 0. The Hall–Kier alpha value is -0.430. The first-order valence-corrected chi connectivity index (χ1v) is 16.0. The van der Waals surface area contributed by atoms with Crippen molar-refractivity contribution in [2.75, 3.05) is 54.1 Å². The standard InChI is InChI=1S/C28H58NO6P/c1-6-8-9-10-11-12-13-14-15-16-17-18-19-20-21-22-24-32-26-28(33-7-2)27-35-36(30,31)34-25-23-29(3,4)5/h7,28H,2,6,8-27H2,1,3-5H3/p+1/t28-/m1/s1. The highest BCUT2D eigenvalue weighted by Gasteiger charge is 2.25. The van der Waals surface area contributed by atoms with Crippen molar-refractivity contribution < 1.29 is 32.5 Å². The Kier molecular flexibility index (Phi) is 23.4. The van der Waals surface area contributed by atoms with Gasteiger partial charge in [0.05, 0.1) is 40.6 Å². The predicted octanol–water partition coefficient (Wildman–Crippen LogP) is 7.63. The summed E-state index contributed by atoms with van der Waals surface area (Å²) in [5.41, 5.74) is 0. The monoisotopic (exact) mass is 536 g/mol. The summed E-state index contributed by atoms with van der Waals surface area (Å²) in [6.07, 6.45) is 22.3. The van der Waals surface area contributed by atoms with E-state index in [9.17, 15) is 9.46 Å². The molecular formula is C28H59NO6P+. The van der Waals surface area contributed by atoms with Crippen LogP contribution in [-0.4, -0.2) is 69.6 Å². The molecule has 0 aliphatic carbocycles. The summed E-state index contributed by atoms with van der Waals surface area (Å²) in [6.45, 7) is 7.40. The lowest BCUT2D eigenvalue weighted by atomic mass is 10.0. The molecule has 7 nitrogen and oxygen atoms in total. The molecule has 0 aliphatic heterocycles. The Balaban J connectivity index is 3.60.